The van der Waals surface area contributed by atoms with Crippen molar-refractivity contribution >= 4 is 70.0 Å². The van der Waals surface area contributed by atoms with Crippen molar-refractivity contribution < 1.29 is 90.1 Å². The summed E-state index contributed by atoms with van der Waals surface area (Å²) in [5, 5.41) is 26.5. The zero-order valence-electron chi connectivity index (χ0n) is 35.2. The second-order valence-electron chi connectivity index (χ2n) is 16.8. The summed E-state index contributed by atoms with van der Waals surface area (Å²) in [5.74, 6) is -3.09. The van der Waals surface area contributed by atoms with E-state index in [0.717, 1.165) is 41.4 Å². The van der Waals surface area contributed by atoms with E-state index in [0.29, 0.717) is 5.92 Å². The Morgan fingerprint density at radius 2 is 1.74 bits per heavy atom. The third-order valence-electron chi connectivity index (χ3n) is 11.8. The number of phosphoric ester groups is 3. The zero-order valence-corrected chi connectivity index (χ0v) is 37.9. The number of aromatic nitrogens is 4. The van der Waals surface area contributed by atoms with Gasteiger partial charge in [0.25, 0.3) is 0 Å². The number of carbonyl (C=O) groups is 5. The van der Waals surface area contributed by atoms with Crippen LogP contribution in [0.4, 0.5) is 5.82 Å². The molecule has 362 valence electrons. The fourth-order valence-corrected chi connectivity index (χ4v) is 11.2. The molecule has 65 heavy (non-hydrogen) atoms. The Hall–Kier alpha value is -3.85. The van der Waals surface area contributed by atoms with Gasteiger partial charge in [-0.15, -0.1) is 0 Å². The summed E-state index contributed by atoms with van der Waals surface area (Å²) in [6.45, 7) is 1.79. The molecule has 11 unspecified atom stereocenters. The second-order valence-corrected chi connectivity index (χ2v) is 21.1. The summed E-state index contributed by atoms with van der Waals surface area (Å²) in [4.78, 5) is 118. The van der Waals surface area contributed by atoms with E-state index in [4.69, 9.17) is 19.5 Å². The molecule has 0 aromatic carbocycles. The number of likely N-dealkylation sites (tertiary alicyclic amines) is 2. The summed E-state index contributed by atoms with van der Waals surface area (Å²) in [6, 6.07) is 0.198. The normalized spacial score (nSPS) is 28.1. The number of hydrogen-bond donors (Lipinski definition) is 9. The maximum atomic E-state index is 13.0. The molecule has 28 nitrogen and oxygen atoms in total. The van der Waals surface area contributed by atoms with Gasteiger partial charge in [-0.2, -0.15) is 4.31 Å². The minimum atomic E-state index is -5.61. The number of anilines is 1. The number of phosphoric acid groups is 3. The second kappa shape index (κ2) is 19.8. The Balaban J connectivity index is 0.907. The molecule has 4 fully saturated rings. The van der Waals surface area contributed by atoms with Gasteiger partial charge < -0.3 is 55.8 Å². The molecule has 6 rings (SSSR count). The maximum Gasteiger partial charge on any atom is 0.481 e. The van der Waals surface area contributed by atoms with Crippen molar-refractivity contribution in [2.75, 3.05) is 38.6 Å². The lowest BCUT2D eigenvalue weighted by Crippen LogP contribution is -2.49. The smallest absolute Gasteiger partial charge is 0.386 e. The number of fused-ring (bicyclic) bond motifs is 3. The van der Waals surface area contributed by atoms with Crippen molar-refractivity contribution in [1.29, 1.82) is 0 Å². The van der Waals surface area contributed by atoms with Gasteiger partial charge in [-0.1, -0.05) is 13.8 Å². The van der Waals surface area contributed by atoms with Gasteiger partial charge in [0.2, 0.25) is 29.5 Å². The highest BCUT2D eigenvalue weighted by molar-refractivity contribution is 7.61. The van der Waals surface area contributed by atoms with Crippen LogP contribution >= 0.6 is 23.5 Å². The average Bonchev–Trinajstić information content (AvgIpc) is 4.04. The molecule has 5 heterocycles. The Bertz CT molecular complexity index is 2300. The molecule has 10 N–H and O–H groups in total. The predicted octanol–water partition coefficient (Wildman–Crippen LogP) is -1.43. The maximum absolute atomic E-state index is 13.0. The van der Waals surface area contributed by atoms with E-state index >= 15 is 0 Å². The third kappa shape index (κ3) is 12.0. The van der Waals surface area contributed by atoms with Crippen molar-refractivity contribution in [3.05, 3.63) is 12.7 Å². The molecule has 0 radical (unpaired) electrons. The molecule has 11 atom stereocenters. The number of ether oxygens (including phenoxy) is 1. The number of nitrogens with one attached hydrogen (secondary N) is 2. The number of nitrogens with two attached hydrogens (primary N) is 1. The molecule has 2 aromatic heterocycles. The highest BCUT2D eigenvalue weighted by atomic mass is 31.3. The molecular formula is C34H52N9O19P3. The van der Waals surface area contributed by atoms with Gasteiger partial charge in [-0.3, -0.25) is 47.0 Å². The van der Waals surface area contributed by atoms with Crippen molar-refractivity contribution in [3.8, 4) is 0 Å². The minimum Gasteiger partial charge on any atom is -0.386 e. The Morgan fingerprint density at radius 3 is 2.42 bits per heavy atom. The molecular weight excluding hydrogens is 931 g/mol. The van der Waals surface area contributed by atoms with E-state index in [1.807, 2.05) is 6.92 Å². The van der Waals surface area contributed by atoms with Crippen LogP contribution in [0.15, 0.2) is 12.7 Å². The molecule has 2 aromatic rings. The zero-order chi connectivity index (χ0) is 47.8. The van der Waals surface area contributed by atoms with Crippen LogP contribution in [-0.2, 0) is 60.3 Å². The van der Waals surface area contributed by atoms with Gasteiger partial charge in [0.1, 0.15) is 42.8 Å². The first kappa shape index (κ1) is 50.6. The van der Waals surface area contributed by atoms with Crippen molar-refractivity contribution in [2.24, 2.45) is 17.3 Å². The van der Waals surface area contributed by atoms with Gasteiger partial charge in [-0.05, 0) is 38.5 Å². The number of rotatable bonds is 21. The number of carbonyl (C=O) groups excluding carboxylic acids is 5. The average molecular weight is 984 g/mol. The number of hydrogen-bond acceptors (Lipinski definition) is 19. The molecule has 4 aliphatic rings. The van der Waals surface area contributed by atoms with E-state index in [1.54, 1.807) is 4.90 Å². The van der Waals surface area contributed by atoms with E-state index < -0.39 is 102 Å². The summed E-state index contributed by atoms with van der Waals surface area (Å²) < 4.78 is 62.4. The number of nitrogen functional groups attached to an aromatic ring is 1. The Kier molecular flexibility index (Phi) is 15.4. The van der Waals surface area contributed by atoms with Gasteiger partial charge in [0.15, 0.2) is 17.7 Å². The van der Waals surface area contributed by atoms with Gasteiger partial charge in [0, 0.05) is 49.3 Å². The van der Waals surface area contributed by atoms with E-state index in [-0.39, 0.29) is 73.9 Å². The van der Waals surface area contributed by atoms with E-state index in [9.17, 15) is 67.5 Å². The molecule has 1 aliphatic carbocycles. The van der Waals surface area contributed by atoms with Crippen LogP contribution in [0.5, 0.6) is 0 Å². The largest absolute Gasteiger partial charge is 0.481 e. The standard InChI is InChI=1S/C34H52N9O19P3/c1-17-18-4-5-20(10-18)43(17)24(46)12-41-23(45)11-19(32(41)50)6-8-36-22(44)7-9-37-31(49)28(48)34(2,3)14-59-65(56,57)62-64(54,55)58-13-21-27(61-63(51,52)53)26(47)33(60-21)42-16-40-25-29(35)38-15-39-30(25)42/h15-21,26-28,33,47-48H,4-14H2,1-3H3,(H,36,44)(H,37,49)(H,54,55)(H,56,57)(H2,35,38,39)(H2,51,52,53). The summed E-state index contributed by atoms with van der Waals surface area (Å²) in [5.41, 5.74) is 4.20. The molecule has 3 saturated heterocycles. The Morgan fingerprint density at radius 1 is 1.03 bits per heavy atom. The van der Waals surface area contributed by atoms with Crippen LogP contribution in [0, 0.1) is 17.3 Å². The number of piperidine rings is 1. The van der Waals surface area contributed by atoms with Crippen LogP contribution in [0.2, 0.25) is 0 Å². The molecule has 3 aliphatic heterocycles. The SMILES string of the molecule is CC1C2CCC(C2)N1C(=O)CN1C(=O)CC(CCNC(=O)CCNC(=O)C(O)C(C)(C)COP(=O)(O)OP(=O)(O)OCC2OC(n3cnc4c(N)ncnc43)C(O)C2OP(=O)(O)O)C1=O. The first-order valence-corrected chi connectivity index (χ1v) is 24.8. The molecule has 1 saturated carbocycles. The molecule has 0 spiro atoms. The number of aliphatic hydroxyl groups is 2. The first-order valence-electron chi connectivity index (χ1n) is 20.3. The fourth-order valence-electron chi connectivity index (χ4n) is 8.36. The number of imide groups is 1. The molecule has 31 heteroatoms. The van der Waals surface area contributed by atoms with Crippen molar-refractivity contribution in [1.82, 2.24) is 40.0 Å². The lowest BCUT2D eigenvalue weighted by molar-refractivity contribution is -0.147. The van der Waals surface area contributed by atoms with Crippen LogP contribution in [0.25, 0.3) is 11.2 Å². The molecule has 5 amide bonds. The van der Waals surface area contributed by atoms with Crippen LogP contribution in [0.1, 0.15) is 65.5 Å². The first-order chi connectivity index (χ1) is 30.3. The van der Waals surface area contributed by atoms with Crippen molar-refractivity contribution in [2.45, 2.75) is 102 Å². The van der Waals surface area contributed by atoms with E-state index in [2.05, 4.69) is 34.4 Å². The summed E-state index contributed by atoms with van der Waals surface area (Å²) in [7, 11) is -16.5. The van der Waals surface area contributed by atoms with E-state index in [1.165, 1.54) is 13.8 Å². The molecule has 2 bridgehead atoms. The monoisotopic (exact) mass is 983 g/mol. The summed E-state index contributed by atoms with van der Waals surface area (Å²) in [6.07, 6.45) is -4.21. The van der Waals surface area contributed by atoms with Gasteiger partial charge in [0.05, 0.1) is 19.5 Å². The summed E-state index contributed by atoms with van der Waals surface area (Å²) >= 11 is 0. The van der Waals surface area contributed by atoms with Crippen LogP contribution < -0.4 is 16.4 Å². The number of amides is 5. The minimum absolute atomic E-state index is 0.0187. The lowest BCUT2D eigenvalue weighted by atomic mass is 9.87. The number of nitrogens with zero attached hydrogens (tertiary/aromatic N) is 6. The fraction of sp³-hybridized carbons (Fsp3) is 0.706. The highest BCUT2D eigenvalue weighted by Crippen LogP contribution is 2.61. The topological polar surface area (TPSA) is 404 Å². The Labute approximate surface area is 369 Å². The quantitative estimate of drug-likeness (QED) is 0.0511. The van der Waals surface area contributed by atoms with Crippen LogP contribution in [0.3, 0.4) is 0 Å². The van der Waals surface area contributed by atoms with Gasteiger partial charge in [-0.25, -0.2) is 28.6 Å². The predicted molar refractivity (Wildman–Crippen MR) is 217 cm³/mol. The van der Waals surface area contributed by atoms with Gasteiger partial charge >= 0.3 is 23.5 Å². The number of aliphatic hydroxyl groups excluding tert-OH is 2. The number of imidazole rings is 1. The van der Waals surface area contributed by atoms with Crippen LogP contribution in [-0.4, -0.2) is 158 Å². The van der Waals surface area contributed by atoms with Crippen molar-refractivity contribution in [3.63, 3.8) is 0 Å². The third-order valence-corrected chi connectivity index (χ3v) is 14.9. The lowest BCUT2D eigenvalue weighted by Gasteiger charge is -2.34. The highest BCUT2D eigenvalue weighted by Gasteiger charge is 2.51.